The lowest BCUT2D eigenvalue weighted by atomic mass is 10.1. The molecule has 1 aliphatic carbocycles. The van der Waals surface area contributed by atoms with Crippen molar-refractivity contribution >= 4 is 16.0 Å². The van der Waals surface area contributed by atoms with Crippen molar-refractivity contribution in [3.8, 4) is 0 Å². The van der Waals surface area contributed by atoms with Crippen molar-refractivity contribution in [2.75, 3.05) is 13.1 Å². The Kier molecular flexibility index (Phi) is 2.72. The largest absolute Gasteiger partial charge is 0.481 e. The summed E-state index contributed by atoms with van der Waals surface area (Å²) in [4.78, 5) is 10.9. The number of carboxylic acid groups (broad SMARTS) is 1. The molecule has 6 heteroatoms. The average Bonchev–Trinajstić information content (AvgIpc) is 2.46. The highest BCUT2D eigenvalue weighted by atomic mass is 32.2. The van der Waals surface area contributed by atoms with E-state index in [0.29, 0.717) is 32.4 Å². The van der Waals surface area contributed by atoms with Gasteiger partial charge in [0.05, 0.1) is 11.2 Å². The number of sulfonamides is 1. The highest BCUT2D eigenvalue weighted by molar-refractivity contribution is 7.89. The molecule has 2 atom stereocenters. The van der Waals surface area contributed by atoms with Gasteiger partial charge in [0.2, 0.25) is 10.0 Å². The van der Waals surface area contributed by atoms with Crippen molar-refractivity contribution < 1.29 is 18.3 Å². The van der Waals surface area contributed by atoms with Gasteiger partial charge < -0.3 is 5.11 Å². The van der Waals surface area contributed by atoms with Crippen LogP contribution < -0.4 is 0 Å². The standard InChI is InChI=1S/C9H15NO4S/c11-9(12)7-3-1-4-8(7)15(13,14)10-5-2-6-10/h7-8H,1-6H2,(H,11,12). The van der Waals surface area contributed by atoms with Crippen molar-refractivity contribution in [3.63, 3.8) is 0 Å². The van der Waals surface area contributed by atoms with Crippen LogP contribution >= 0.6 is 0 Å². The molecule has 2 unspecified atom stereocenters. The second-order valence-corrected chi connectivity index (χ2v) is 6.36. The number of rotatable bonds is 3. The van der Waals surface area contributed by atoms with Gasteiger partial charge in [0, 0.05) is 13.1 Å². The molecule has 1 saturated carbocycles. The first-order chi connectivity index (χ1) is 7.03. The lowest BCUT2D eigenvalue weighted by Gasteiger charge is -2.33. The molecule has 0 aromatic carbocycles. The van der Waals surface area contributed by atoms with E-state index < -0.39 is 27.2 Å². The Morgan fingerprint density at radius 1 is 1.20 bits per heavy atom. The van der Waals surface area contributed by atoms with E-state index in [9.17, 15) is 13.2 Å². The topological polar surface area (TPSA) is 74.7 Å². The Bertz CT molecular complexity index is 360. The Morgan fingerprint density at radius 3 is 2.33 bits per heavy atom. The number of hydrogen-bond acceptors (Lipinski definition) is 3. The van der Waals surface area contributed by atoms with Crippen LogP contribution in [0, 0.1) is 5.92 Å². The summed E-state index contributed by atoms with van der Waals surface area (Å²) < 4.78 is 25.4. The van der Waals surface area contributed by atoms with Gasteiger partial charge >= 0.3 is 5.97 Å². The van der Waals surface area contributed by atoms with Crippen molar-refractivity contribution in [1.29, 1.82) is 0 Å². The Balaban J connectivity index is 2.18. The molecule has 0 bridgehead atoms. The fourth-order valence-electron chi connectivity index (χ4n) is 2.30. The molecule has 86 valence electrons. The first-order valence-corrected chi connectivity index (χ1v) is 6.75. The van der Waals surface area contributed by atoms with Gasteiger partial charge in [-0.2, -0.15) is 0 Å². The summed E-state index contributed by atoms with van der Waals surface area (Å²) in [6.45, 7) is 1.12. The zero-order valence-corrected chi connectivity index (χ0v) is 9.24. The van der Waals surface area contributed by atoms with Gasteiger partial charge in [0.15, 0.2) is 0 Å². The average molecular weight is 233 g/mol. The molecule has 1 N–H and O–H groups in total. The van der Waals surface area contributed by atoms with Crippen molar-refractivity contribution in [2.24, 2.45) is 5.92 Å². The van der Waals surface area contributed by atoms with Crippen LogP contribution in [0.3, 0.4) is 0 Å². The second-order valence-electron chi connectivity index (χ2n) is 4.21. The predicted octanol–water partition coefficient (Wildman–Crippen LogP) is 0.275. The van der Waals surface area contributed by atoms with E-state index in [-0.39, 0.29) is 0 Å². The van der Waals surface area contributed by atoms with Crippen LogP contribution in [0.5, 0.6) is 0 Å². The van der Waals surface area contributed by atoms with E-state index in [1.54, 1.807) is 0 Å². The third-order valence-electron chi connectivity index (χ3n) is 3.33. The van der Waals surface area contributed by atoms with Crippen molar-refractivity contribution in [3.05, 3.63) is 0 Å². The van der Waals surface area contributed by atoms with Crippen LogP contribution in [0.2, 0.25) is 0 Å². The van der Waals surface area contributed by atoms with E-state index >= 15 is 0 Å². The lowest BCUT2D eigenvalue weighted by molar-refractivity contribution is -0.141. The number of nitrogens with zero attached hydrogens (tertiary/aromatic N) is 1. The van der Waals surface area contributed by atoms with Crippen LogP contribution in [-0.2, 0) is 14.8 Å². The highest BCUT2D eigenvalue weighted by Crippen LogP contribution is 2.34. The summed E-state index contributed by atoms with van der Waals surface area (Å²) in [5, 5.41) is 8.25. The SMILES string of the molecule is O=C(O)C1CCCC1S(=O)(=O)N1CCC1. The second kappa shape index (κ2) is 3.75. The monoisotopic (exact) mass is 233 g/mol. The minimum absolute atomic E-state index is 0.493. The smallest absolute Gasteiger partial charge is 0.307 e. The van der Waals surface area contributed by atoms with E-state index in [2.05, 4.69) is 0 Å². The fourth-order valence-corrected chi connectivity index (χ4v) is 4.58. The fraction of sp³-hybridized carbons (Fsp3) is 0.889. The number of hydrogen-bond donors (Lipinski definition) is 1. The predicted molar refractivity (Wildman–Crippen MR) is 53.9 cm³/mol. The maximum atomic E-state index is 12.0. The zero-order chi connectivity index (χ0) is 11.1. The van der Waals surface area contributed by atoms with Crippen LogP contribution in [0.15, 0.2) is 0 Å². The normalized spacial score (nSPS) is 32.5. The Labute approximate surface area is 89.1 Å². The summed E-state index contributed by atoms with van der Waals surface area (Å²) in [6, 6.07) is 0. The van der Waals surface area contributed by atoms with E-state index in [1.165, 1.54) is 4.31 Å². The molecule has 5 nitrogen and oxygen atoms in total. The van der Waals surface area contributed by atoms with Crippen LogP contribution in [0.4, 0.5) is 0 Å². The van der Waals surface area contributed by atoms with Gasteiger partial charge in [-0.25, -0.2) is 12.7 Å². The first-order valence-electron chi connectivity index (χ1n) is 5.25. The highest BCUT2D eigenvalue weighted by Gasteiger charge is 2.45. The molecule has 0 amide bonds. The van der Waals surface area contributed by atoms with E-state index in [1.807, 2.05) is 0 Å². The Hall–Kier alpha value is -0.620. The van der Waals surface area contributed by atoms with Crippen LogP contribution in [-0.4, -0.2) is 42.1 Å². The molecule has 0 aromatic rings. The minimum Gasteiger partial charge on any atom is -0.481 e. The number of carbonyl (C=O) groups is 1. The lowest BCUT2D eigenvalue weighted by Crippen LogP contribution is -2.48. The van der Waals surface area contributed by atoms with Crippen LogP contribution in [0.1, 0.15) is 25.7 Å². The molecular weight excluding hydrogens is 218 g/mol. The molecule has 15 heavy (non-hydrogen) atoms. The van der Waals surface area contributed by atoms with Gasteiger partial charge in [0.25, 0.3) is 0 Å². The molecular formula is C9H15NO4S. The van der Waals surface area contributed by atoms with E-state index in [0.717, 1.165) is 6.42 Å². The van der Waals surface area contributed by atoms with Gasteiger partial charge in [-0.15, -0.1) is 0 Å². The maximum absolute atomic E-state index is 12.0. The van der Waals surface area contributed by atoms with Gasteiger partial charge in [-0.05, 0) is 19.3 Å². The molecule has 2 aliphatic rings. The summed E-state index contributed by atoms with van der Waals surface area (Å²) in [6.07, 6.45) is 2.58. The van der Waals surface area contributed by atoms with Crippen molar-refractivity contribution in [1.82, 2.24) is 4.31 Å². The Morgan fingerprint density at radius 2 is 1.87 bits per heavy atom. The van der Waals surface area contributed by atoms with E-state index in [4.69, 9.17) is 5.11 Å². The summed E-state index contributed by atoms with van der Waals surface area (Å²) in [7, 11) is -3.34. The number of carboxylic acids is 1. The summed E-state index contributed by atoms with van der Waals surface area (Å²) in [5.41, 5.74) is 0. The molecule has 0 spiro atoms. The maximum Gasteiger partial charge on any atom is 0.307 e. The molecule has 1 aliphatic heterocycles. The van der Waals surface area contributed by atoms with Gasteiger partial charge in [-0.3, -0.25) is 4.79 Å². The quantitative estimate of drug-likeness (QED) is 0.759. The molecule has 2 fully saturated rings. The number of aliphatic carboxylic acids is 1. The molecule has 2 rings (SSSR count). The summed E-state index contributed by atoms with van der Waals surface area (Å²) >= 11 is 0. The first kappa shape index (κ1) is 10.9. The van der Waals surface area contributed by atoms with Gasteiger partial charge in [-0.1, -0.05) is 6.42 Å². The third-order valence-corrected chi connectivity index (χ3v) is 5.74. The van der Waals surface area contributed by atoms with Gasteiger partial charge in [0.1, 0.15) is 0 Å². The molecule has 0 aromatic heterocycles. The minimum atomic E-state index is -3.34. The molecule has 0 radical (unpaired) electrons. The molecule has 1 saturated heterocycles. The zero-order valence-electron chi connectivity index (χ0n) is 8.42. The van der Waals surface area contributed by atoms with Crippen LogP contribution in [0.25, 0.3) is 0 Å². The molecule has 1 heterocycles. The summed E-state index contributed by atoms with van der Waals surface area (Å²) in [5.74, 6) is -1.67. The third kappa shape index (κ3) is 1.76. The van der Waals surface area contributed by atoms with Crippen molar-refractivity contribution in [2.45, 2.75) is 30.9 Å².